The van der Waals surface area contributed by atoms with E-state index in [1.165, 1.54) is 19.3 Å². The Morgan fingerprint density at radius 3 is 2.35 bits per heavy atom. The van der Waals surface area contributed by atoms with Crippen molar-refractivity contribution in [3.05, 3.63) is 12.7 Å². The molecule has 2 nitrogen and oxygen atoms in total. The Morgan fingerprint density at radius 2 is 1.76 bits per heavy atom. The van der Waals surface area contributed by atoms with E-state index in [4.69, 9.17) is 4.74 Å². The van der Waals surface area contributed by atoms with Crippen molar-refractivity contribution in [2.45, 2.75) is 71.3 Å². The van der Waals surface area contributed by atoms with Crippen molar-refractivity contribution in [2.24, 2.45) is 0 Å². The third kappa shape index (κ3) is 8.14. The highest BCUT2D eigenvalue weighted by atomic mass is 16.5. The van der Waals surface area contributed by atoms with Gasteiger partial charge < -0.3 is 4.74 Å². The molecule has 0 radical (unpaired) electrons. The van der Waals surface area contributed by atoms with Crippen molar-refractivity contribution in [1.29, 1.82) is 0 Å². The molecule has 0 saturated heterocycles. The topological polar surface area (TPSA) is 26.3 Å². The molecule has 0 unspecified atom stereocenters. The molecule has 0 atom stereocenters. The number of unbranched alkanes of at least 4 members (excludes halogenated alkanes) is 5. The van der Waals surface area contributed by atoms with Gasteiger partial charge >= 0.3 is 0 Å². The number of Topliss-reactive ketones (excluding diaryl/α,β-unsaturated/α-hetero) is 1. The van der Waals surface area contributed by atoms with Gasteiger partial charge in [-0.05, 0) is 40.0 Å². The molecule has 100 valence electrons. The van der Waals surface area contributed by atoms with Crippen LogP contribution in [0, 0.1) is 0 Å². The summed E-state index contributed by atoms with van der Waals surface area (Å²) in [7, 11) is 0. The van der Waals surface area contributed by atoms with Crippen molar-refractivity contribution in [2.75, 3.05) is 6.61 Å². The minimum Gasteiger partial charge on any atom is -0.368 e. The summed E-state index contributed by atoms with van der Waals surface area (Å²) in [6.07, 6.45) is 9.54. The molecule has 0 saturated carbocycles. The summed E-state index contributed by atoms with van der Waals surface area (Å²) in [6.45, 7) is 9.95. The largest absolute Gasteiger partial charge is 0.368 e. The number of carbonyl (C=O) groups is 1. The van der Waals surface area contributed by atoms with E-state index in [0.717, 1.165) is 19.3 Å². The third-order valence-electron chi connectivity index (χ3n) is 2.99. The molecule has 0 aliphatic carbocycles. The first-order valence-electron chi connectivity index (χ1n) is 6.82. The van der Waals surface area contributed by atoms with Crippen LogP contribution >= 0.6 is 0 Å². The zero-order valence-electron chi connectivity index (χ0n) is 11.8. The fourth-order valence-corrected chi connectivity index (χ4v) is 1.85. The zero-order chi connectivity index (χ0) is 13.1. The van der Waals surface area contributed by atoms with Crippen LogP contribution in [0.3, 0.4) is 0 Å². The van der Waals surface area contributed by atoms with Gasteiger partial charge in [0.25, 0.3) is 0 Å². The monoisotopic (exact) mass is 240 g/mol. The highest BCUT2D eigenvalue weighted by Crippen LogP contribution is 2.16. The zero-order valence-corrected chi connectivity index (χ0v) is 11.8. The summed E-state index contributed by atoms with van der Waals surface area (Å²) in [5.41, 5.74) is -0.600. The van der Waals surface area contributed by atoms with Crippen LogP contribution in [0.5, 0.6) is 0 Å². The average molecular weight is 240 g/mol. The van der Waals surface area contributed by atoms with Crippen LogP contribution in [0.1, 0.15) is 65.7 Å². The maximum absolute atomic E-state index is 11.9. The summed E-state index contributed by atoms with van der Waals surface area (Å²) in [4.78, 5) is 11.9. The minimum absolute atomic E-state index is 0.227. The molecular weight excluding hydrogens is 212 g/mol. The number of hydrogen-bond acceptors (Lipinski definition) is 2. The second kappa shape index (κ2) is 9.41. The van der Waals surface area contributed by atoms with Gasteiger partial charge in [-0.1, -0.05) is 25.3 Å². The Bertz CT molecular complexity index is 219. The van der Waals surface area contributed by atoms with Gasteiger partial charge in [-0.15, -0.1) is 6.58 Å². The lowest BCUT2D eigenvalue weighted by Gasteiger charge is -2.22. The van der Waals surface area contributed by atoms with Gasteiger partial charge in [0.05, 0.1) is 0 Å². The fraction of sp³-hybridized carbons (Fsp3) is 0.800. The molecule has 0 aliphatic heterocycles. The van der Waals surface area contributed by atoms with Gasteiger partial charge in [0.1, 0.15) is 5.60 Å². The van der Waals surface area contributed by atoms with E-state index in [2.05, 4.69) is 6.58 Å². The van der Waals surface area contributed by atoms with E-state index in [9.17, 15) is 4.79 Å². The van der Waals surface area contributed by atoms with E-state index in [-0.39, 0.29) is 5.78 Å². The molecule has 0 spiro atoms. The Hall–Kier alpha value is -0.630. The third-order valence-corrected chi connectivity index (χ3v) is 2.99. The standard InChI is InChI=1S/C15H28O2/c1-5-7-8-9-10-11-12-13-14(16)15(3,4)17-6-2/h5H,1,6-13H2,2-4H3. The maximum atomic E-state index is 11.9. The van der Waals surface area contributed by atoms with Gasteiger partial charge in [0, 0.05) is 13.0 Å². The smallest absolute Gasteiger partial charge is 0.164 e. The van der Waals surface area contributed by atoms with E-state index in [1.807, 2.05) is 26.8 Å². The highest BCUT2D eigenvalue weighted by Gasteiger charge is 2.26. The van der Waals surface area contributed by atoms with Crippen LogP contribution in [0.4, 0.5) is 0 Å². The molecule has 17 heavy (non-hydrogen) atoms. The van der Waals surface area contributed by atoms with Crippen LogP contribution in [0.15, 0.2) is 12.7 Å². The van der Waals surface area contributed by atoms with E-state index in [0.29, 0.717) is 13.0 Å². The first kappa shape index (κ1) is 16.4. The minimum atomic E-state index is -0.600. The molecular formula is C15H28O2. The molecule has 2 heteroatoms. The molecule has 0 fully saturated rings. The SMILES string of the molecule is C=CCCCCCCCC(=O)C(C)(C)OCC. The van der Waals surface area contributed by atoms with Gasteiger partial charge in [-0.3, -0.25) is 4.79 Å². The molecule has 0 bridgehead atoms. The molecule has 0 heterocycles. The van der Waals surface area contributed by atoms with E-state index >= 15 is 0 Å². The first-order chi connectivity index (χ1) is 8.04. The van der Waals surface area contributed by atoms with Crippen molar-refractivity contribution in [3.63, 3.8) is 0 Å². The molecule has 0 amide bonds. The summed E-state index contributed by atoms with van der Waals surface area (Å²) in [6, 6.07) is 0. The maximum Gasteiger partial charge on any atom is 0.164 e. The molecule has 0 aromatic carbocycles. The second-order valence-corrected chi connectivity index (χ2v) is 4.96. The van der Waals surface area contributed by atoms with Gasteiger partial charge in [-0.25, -0.2) is 0 Å². The van der Waals surface area contributed by atoms with Crippen LogP contribution in [-0.2, 0) is 9.53 Å². The number of carbonyl (C=O) groups excluding carboxylic acids is 1. The van der Waals surface area contributed by atoms with E-state index < -0.39 is 5.60 Å². The lowest BCUT2D eigenvalue weighted by molar-refractivity contribution is -0.139. The van der Waals surface area contributed by atoms with Crippen LogP contribution < -0.4 is 0 Å². The second-order valence-electron chi connectivity index (χ2n) is 4.96. The summed E-state index contributed by atoms with van der Waals surface area (Å²) >= 11 is 0. The van der Waals surface area contributed by atoms with Crippen LogP contribution in [-0.4, -0.2) is 18.0 Å². The van der Waals surface area contributed by atoms with Gasteiger partial charge in [-0.2, -0.15) is 0 Å². The molecule has 0 aromatic heterocycles. The van der Waals surface area contributed by atoms with E-state index in [1.54, 1.807) is 0 Å². The Kier molecular flexibility index (Phi) is 9.06. The number of rotatable bonds is 11. The number of allylic oxidation sites excluding steroid dienone is 1. The average Bonchev–Trinajstić information content (AvgIpc) is 2.27. The lowest BCUT2D eigenvalue weighted by atomic mass is 9.97. The fourth-order valence-electron chi connectivity index (χ4n) is 1.85. The molecule has 0 aliphatic rings. The lowest BCUT2D eigenvalue weighted by Crippen LogP contribution is -2.34. The molecule has 0 N–H and O–H groups in total. The number of hydrogen-bond donors (Lipinski definition) is 0. The highest BCUT2D eigenvalue weighted by molar-refractivity contribution is 5.86. The normalized spacial score (nSPS) is 11.5. The predicted molar refractivity (Wildman–Crippen MR) is 73.2 cm³/mol. The summed E-state index contributed by atoms with van der Waals surface area (Å²) < 4.78 is 5.44. The van der Waals surface area contributed by atoms with Gasteiger partial charge in [0.2, 0.25) is 0 Å². The molecule has 0 rings (SSSR count). The quantitative estimate of drug-likeness (QED) is 0.398. The van der Waals surface area contributed by atoms with Crippen molar-refractivity contribution in [1.82, 2.24) is 0 Å². The Morgan fingerprint density at radius 1 is 1.18 bits per heavy atom. The van der Waals surface area contributed by atoms with Crippen molar-refractivity contribution in [3.8, 4) is 0 Å². The van der Waals surface area contributed by atoms with Crippen LogP contribution in [0.25, 0.3) is 0 Å². The predicted octanol–water partition coefficient (Wildman–Crippen LogP) is 4.29. The van der Waals surface area contributed by atoms with Gasteiger partial charge in [0.15, 0.2) is 5.78 Å². The van der Waals surface area contributed by atoms with Crippen molar-refractivity contribution >= 4 is 5.78 Å². The Balaban J connectivity index is 3.54. The first-order valence-corrected chi connectivity index (χ1v) is 6.82. The van der Waals surface area contributed by atoms with Crippen LogP contribution in [0.2, 0.25) is 0 Å². The summed E-state index contributed by atoms with van der Waals surface area (Å²) in [5.74, 6) is 0.227. The number of ether oxygens (including phenoxy) is 1. The van der Waals surface area contributed by atoms with Crippen molar-refractivity contribution < 1.29 is 9.53 Å². The summed E-state index contributed by atoms with van der Waals surface area (Å²) in [5, 5.41) is 0. The molecule has 0 aromatic rings. The Labute approximate surface area is 106 Å². The number of ketones is 1.